The second kappa shape index (κ2) is 16.9. The van der Waals surface area contributed by atoms with E-state index in [-0.39, 0.29) is 22.7 Å². The predicted molar refractivity (Wildman–Crippen MR) is 106 cm³/mol. The normalized spacial score (nSPS) is 12.8. The Kier molecular flexibility index (Phi) is 15.3. The van der Waals surface area contributed by atoms with Crippen molar-refractivity contribution in [1.82, 2.24) is 0 Å². The minimum atomic E-state index is -0.396. The number of unbranched alkanes of at least 4 members (excludes halogenated alkanes) is 4. The average Bonchev–Trinajstić information content (AvgIpc) is 2.63. The van der Waals surface area contributed by atoms with E-state index in [0.29, 0.717) is 25.7 Å². The van der Waals surface area contributed by atoms with E-state index in [4.69, 9.17) is 0 Å². The lowest BCUT2D eigenvalue weighted by molar-refractivity contribution is -0.428. The highest BCUT2D eigenvalue weighted by molar-refractivity contribution is 5.48. The zero-order valence-electron chi connectivity index (χ0n) is 16.0. The highest BCUT2D eigenvalue weighted by Crippen LogP contribution is 2.13. The zero-order chi connectivity index (χ0) is 20.3. The molecule has 0 heterocycles. The lowest BCUT2D eigenvalue weighted by Crippen LogP contribution is -1.99. The van der Waals surface area contributed by atoms with Crippen LogP contribution in [0, 0.1) is 20.2 Å². The van der Waals surface area contributed by atoms with Crippen LogP contribution in [0.5, 0.6) is 0 Å². The summed E-state index contributed by atoms with van der Waals surface area (Å²) >= 11 is 0. The molecule has 0 radical (unpaired) electrons. The van der Waals surface area contributed by atoms with E-state index >= 15 is 0 Å². The first-order chi connectivity index (χ1) is 13.0. The van der Waals surface area contributed by atoms with Crippen molar-refractivity contribution >= 4 is 6.29 Å². The topological polar surface area (TPSA) is 103 Å². The van der Waals surface area contributed by atoms with Gasteiger partial charge in [0.05, 0.1) is 16.3 Å². The summed E-state index contributed by atoms with van der Waals surface area (Å²) in [6.45, 7) is 2.00. The van der Waals surface area contributed by atoms with Gasteiger partial charge in [-0.3, -0.25) is 20.2 Å². The summed E-state index contributed by atoms with van der Waals surface area (Å²) in [5.74, 6) is 0. The lowest BCUT2D eigenvalue weighted by atomic mass is 10.1. The largest absolute Gasteiger partial charge is 0.303 e. The molecule has 0 fully saturated rings. The minimum Gasteiger partial charge on any atom is -0.303 e. The Bertz CT molecular complexity index is 577. The van der Waals surface area contributed by atoms with Gasteiger partial charge in [-0.25, -0.2) is 0 Å². The third kappa shape index (κ3) is 14.3. The van der Waals surface area contributed by atoms with Crippen LogP contribution in [0.1, 0.15) is 71.1 Å². The molecule has 0 bridgehead atoms. The van der Waals surface area contributed by atoms with E-state index in [9.17, 15) is 25.0 Å². The third-order valence-electron chi connectivity index (χ3n) is 3.85. The number of aldehydes is 1. The fourth-order valence-electron chi connectivity index (χ4n) is 2.36. The van der Waals surface area contributed by atoms with Gasteiger partial charge in [-0.05, 0) is 44.3 Å². The summed E-state index contributed by atoms with van der Waals surface area (Å²) in [7, 11) is 0. The van der Waals surface area contributed by atoms with Crippen molar-refractivity contribution in [1.29, 1.82) is 0 Å². The highest BCUT2D eigenvalue weighted by Gasteiger charge is 2.09. The molecular weight excluding hydrogens is 348 g/mol. The van der Waals surface area contributed by atoms with Gasteiger partial charge in [0.2, 0.25) is 11.4 Å². The number of nitrogens with zero attached hydrogens (tertiary/aromatic N) is 2. The Morgan fingerprint density at radius 1 is 0.815 bits per heavy atom. The van der Waals surface area contributed by atoms with Gasteiger partial charge < -0.3 is 4.79 Å². The number of hydrogen-bond acceptors (Lipinski definition) is 5. The van der Waals surface area contributed by atoms with E-state index in [1.54, 1.807) is 24.3 Å². The Labute approximate surface area is 160 Å². The monoisotopic (exact) mass is 378 g/mol. The Hall–Kier alpha value is -2.57. The molecule has 0 amide bonds. The first-order valence-electron chi connectivity index (χ1n) is 9.43. The van der Waals surface area contributed by atoms with Gasteiger partial charge >= 0.3 is 0 Å². The average molecular weight is 378 g/mol. The van der Waals surface area contributed by atoms with Gasteiger partial charge in [-0.1, -0.05) is 44.1 Å². The van der Waals surface area contributed by atoms with Gasteiger partial charge in [0.25, 0.3) is 0 Å². The first-order valence-corrected chi connectivity index (χ1v) is 9.43. The summed E-state index contributed by atoms with van der Waals surface area (Å²) in [4.78, 5) is 31.5. The molecule has 27 heavy (non-hydrogen) atoms. The van der Waals surface area contributed by atoms with Gasteiger partial charge in [0.15, 0.2) is 0 Å². The molecule has 0 aliphatic heterocycles. The molecule has 0 aromatic heterocycles. The summed E-state index contributed by atoms with van der Waals surface area (Å²) in [6, 6.07) is 0. The molecule has 0 N–H and O–H groups in total. The van der Waals surface area contributed by atoms with E-state index < -0.39 is 4.92 Å². The summed E-state index contributed by atoms with van der Waals surface area (Å²) < 4.78 is 0. The minimum absolute atomic E-state index is 0.126. The van der Waals surface area contributed by atoms with E-state index in [1.807, 2.05) is 19.1 Å². The van der Waals surface area contributed by atoms with Crippen molar-refractivity contribution in [3.8, 4) is 0 Å². The number of allylic oxidation sites excluding steroid dienone is 7. The van der Waals surface area contributed by atoms with Crippen LogP contribution in [-0.2, 0) is 4.79 Å². The third-order valence-corrected chi connectivity index (χ3v) is 3.85. The summed E-state index contributed by atoms with van der Waals surface area (Å²) in [5.41, 5.74) is 0.297. The SMILES string of the molecule is CC/C=C/C/C=C(/C/C=C/C/C=C(/CCCCCCC=O)[N+](=O)[O-])[N+](=O)[O-]. The molecule has 0 saturated carbocycles. The van der Waals surface area contributed by atoms with Crippen molar-refractivity contribution in [3.05, 3.63) is 68.1 Å². The molecule has 0 saturated heterocycles. The van der Waals surface area contributed by atoms with Crippen LogP contribution in [0.4, 0.5) is 0 Å². The smallest absolute Gasteiger partial charge is 0.246 e. The van der Waals surface area contributed by atoms with Crippen molar-refractivity contribution in [2.24, 2.45) is 0 Å². The molecule has 150 valence electrons. The molecule has 0 unspecified atom stereocenters. The number of carbonyl (C=O) groups is 1. The molecule has 0 spiro atoms. The van der Waals surface area contributed by atoms with Gasteiger partial charge in [0.1, 0.15) is 6.29 Å². The Balaban J connectivity index is 4.40. The molecule has 0 aliphatic carbocycles. The molecule has 7 heteroatoms. The highest BCUT2D eigenvalue weighted by atomic mass is 16.6. The van der Waals surface area contributed by atoms with Gasteiger partial charge in [0, 0.05) is 12.8 Å². The number of rotatable bonds is 16. The van der Waals surface area contributed by atoms with E-state index in [2.05, 4.69) is 0 Å². The quantitative estimate of drug-likeness (QED) is 0.115. The number of hydrogen-bond donors (Lipinski definition) is 0. The maximum Gasteiger partial charge on any atom is 0.246 e. The van der Waals surface area contributed by atoms with Crippen LogP contribution in [0.15, 0.2) is 47.9 Å². The zero-order valence-corrected chi connectivity index (χ0v) is 16.0. The van der Waals surface area contributed by atoms with E-state index in [0.717, 1.165) is 38.4 Å². The van der Waals surface area contributed by atoms with Crippen LogP contribution in [0.25, 0.3) is 0 Å². The Morgan fingerprint density at radius 3 is 2.00 bits per heavy atom. The predicted octanol–water partition coefficient (Wildman–Crippen LogP) is 5.54. The van der Waals surface area contributed by atoms with Gasteiger partial charge in [-0.15, -0.1) is 0 Å². The fourth-order valence-corrected chi connectivity index (χ4v) is 2.36. The van der Waals surface area contributed by atoms with Crippen molar-refractivity contribution in [2.45, 2.75) is 71.1 Å². The Morgan fingerprint density at radius 2 is 1.41 bits per heavy atom. The molecule has 7 nitrogen and oxygen atoms in total. The van der Waals surface area contributed by atoms with Crippen molar-refractivity contribution in [2.75, 3.05) is 0 Å². The standard InChI is InChI=1S/C20H30N2O5/c1-2-3-4-9-14-19(21(24)25)16-11-8-12-17-20(22(26)27)15-10-6-5-7-13-18-23/h3-4,8,11,14,17-18H,2,5-7,9-10,12-13,15-16H2,1H3/b4-3+,11-8+,19-14-,20-17-. The number of nitro groups is 2. The maximum absolute atomic E-state index is 11.1. The summed E-state index contributed by atoms with van der Waals surface area (Å²) in [5, 5.41) is 22.1. The maximum atomic E-state index is 11.1. The molecule has 0 rings (SSSR count). The molecule has 0 atom stereocenters. The molecule has 0 aromatic rings. The van der Waals surface area contributed by atoms with Crippen LogP contribution >= 0.6 is 0 Å². The molecular formula is C20H30N2O5. The van der Waals surface area contributed by atoms with Crippen LogP contribution in [0.2, 0.25) is 0 Å². The van der Waals surface area contributed by atoms with E-state index in [1.165, 1.54) is 0 Å². The first kappa shape index (κ1) is 24.4. The second-order valence-corrected chi connectivity index (χ2v) is 6.05. The molecule has 0 aromatic carbocycles. The van der Waals surface area contributed by atoms with Crippen LogP contribution in [-0.4, -0.2) is 16.1 Å². The molecule has 0 aliphatic rings. The number of carbonyl (C=O) groups excluding carboxylic acids is 1. The lowest BCUT2D eigenvalue weighted by Gasteiger charge is -1.99. The van der Waals surface area contributed by atoms with Crippen LogP contribution < -0.4 is 0 Å². The summed E-state index contributed by atoms with van der Waals surface area (Å²) in [6.07, 6.45) is 17.5. The van der Waals surface area contributed by atoms with Crippen LogP contribution in [0.3, 0.4) is 0 Å². The van der Waals surface area contributed by atoms with Crippen molar-refractivity contribution in [3.63, 3.8) is 0 Å². The van der Waals surface area contributed by atoms with Gasteiger partial charge in [-0.2, -0.15) is 0 Å². The van der Waals surface area contributed by atoms with Crippen molar-refractivity contribution < 1.29 is 14.6 Å². The fraction of sp³-hybridized carbons (Fsp3) is 0.550. The second-order valence-electron chi connectivity index (χ2n) is 6.05.